The van der Waals surface area contributed by atoms with Crippen LogP contribution in [0.4, 0.5) is 5.95 Å². The van der Waals surface area contributed by atoms with Crippen LogP contribution in [0.25, 0.3) is 11.0 Å². The van der Waals surface area contributed by atoms with Crippen LogP contribution in [0.1, 0.15) is 20.3 Å². The van der Waals surface area contributed by atoms with Crippen molar-refractivity contribution in [1.82, 2.24) is 9.97 Å². The van der Waals surface area contributed by atoms with Gasteiger partial charge in [-0.2, -0.15) is 0 Å². The smallest absolute Gasteiger partial charge is 0.203 e. The highest BCUT2D eigenvalue weighted by molar-refractivity contribution is 5.77. The van der Waals surface area contributed by atoms with E-state index in [9.17, 15) is 0 Å². The molecule has 0 saturated carbocycles. The zero-order chi connectivity index (χ0) is 12.8. The number of aromatic amines is 1. The van der Waals surface area contributed by atoms with Crippen molar-refractivity contribution in [3.05, 3.63) is 24.3 Å². The van der Waals surface area contributed by atoms with Gasteiger partial charge >= 0.3 is 0 Å². The molecule has 0 radical (unpaired) electrons. The molecule has 2 aromatic rings. The van der Waals surface area contributed by atoms with Gasteiger partial charge in [-0.15, -0.1) is 0 Å². The highest BCUT2D eigenvalue weighted by Crippen LogP contribution is 2.30. The Bertz CT molecular complexity index is 525. The summed E-state index contributed by atoms with van der Waals surface area (Å²) in [6.45, 7) is 6.39. The number of piperidine rings is 1. The van der Waals surface area contributed by atoms with E-state index in [1.807, 2.05) is 18.2 Å². The molecule has 2 heterocycles. The number of aromatic nitrogens is 2. The van der Waals surface area contributed by atoms with Gasteiger partial charge in [-0.3, -0.25) is 0 Å². The van der Waals surface area contributed by atoms with E-state index >= 15 is 0 Å². The average molecular weight is 244 g/mol. The fourth-order valence-corrected chi connectivity index (χ4v) is 2.64. The Morgan fingerprint density at radius 3 is 2.89 bits per heavy atom. The van der Waals surface area contributed by atoms with E-state index in [2.05, 4.69) is 34.8 Å². The van der Waals surface area contributed by atoms with Gasteiger partial charge in [0.2, 0.25) is 5.95 Å². The molecular weight excluding hydrogens is 224 g/mol. The summed E-state index contributed by atoms with van der Waals surface area (Å²) in [4.78, 5) is 10.4. The third-order valence-electron chi connectivity index (χ3n) is 3.99. The summed E-state index contributed by atoms with van der Waals surface area (Å²) in [7, 11) is 0. The molecule has 1 aromatic heterocycles. The molecule has 18 heavy (non-hydrogen) atoms. The normalized spacial score (nSPS) is 23.5. The maximum Gasteiger partial charge on any atom is 0.203 e. The molecule has 0 aliphatic carbocycles. The first-order valence-electron chi connectivity index (χ1n) is 6.51. The molecule has 1 fully saturated rings. The maximum absolute atomic E-state index is 6.17. The third-order valence-corrected chi connectivity index (χ3v) is 3.99. The predicted molar refractivity (Wildman–Crippen MR) is 74.7 cm³/mol. The van der Waals surface area contributed by atoms with Crippen molar-refractivity contribution >= 4 is 17.0 Å². The van der Waals surface area contributed by atoms with E-state index in [4.69, 9.17) is 5.73 Å². The molecule has 1 atom stereocenters. The zero-order valence-corrected chi connectivity index (χ0v) is 11.0. The molecule has 1 aromatic carbocycles. The second-order valence-electron chi connectivity index (χ2n) is 5.88. The van der Waals surface area contributed by atoms with Crippen LogP contribution in [0.5, 0.6) is 0 Å². The first-order valence-corrected chi connectivity index (χ1v) is 6.51. The van der Waals surface area contributed by atoms with E-state index in [1.54, 1.807) is 0 Å². The fourth-order valence-electron chi connectivity index (χ4n) is 2.64. The second-order valence-corrected chi connectivity index (χ2v) is 5.88. The van der Waals surface area contributed by atoms with Gasteiger partial charge in [-0.05, 0) is 24.0 Å². The Balaban J connectivity index is 1.91. The summed E-state index contributed by atoms with van der Waals surface area (Å²) in [6, 6.07) is 8.42. The summed E-state index contributed by atoms with van der Waals surface area (Å²) >= 11 is 0. The minimum atomic E-state index is 0.136. The Labute approximate surface area is 107 Å². The topological polar surface area (TPSA) is 57.9 Å². The van der Waals surface area contributed by atoms with E-state index in [0.29, 0.717) is 0 Å². The Hall–Kier alpha value is -1.55. The zero-order valence-electron chi connectivity index (χ0n) is 11.0. The SMILES string of the molecule is CC1(C)CN(c2nc3ccccc3[nH]2)CCC1N. The summed E-state index contributed by atoms with van der Waals surface area (Å²) in [5, 5.41) is 0. The number of hydrogen-bond donors (Lipinski definition) is 2. The van der Waals surface area contributed by atoms with Crippen LogP contribution in [0.2, 0.25) is 0 Å². The summed E-state index contributed by atoms with van der Waals surface area (Å²) < 4.78 is 0. The van der Waals surface area contributed by atoms with Crippen LogP contribution < -0.4 is 10.6 Å². The van der Waals surface area contributed by atoms with Crippen LogP contribution in [-0.2, 0) is 0 Å². The van der Waals surface area contributed by atoms with E-state index in [1.165, 1.54) is 0 Å². The van der Waals surface area contributed by atoms with Crippen LogP contribution in [0.15, 0.2) is 24.3 Å². The summed E-state index contributed by atoms with van der Waals surface area (Å²) in [5.41, 5.74) is 8.43. The lowest BCUT2D eigenvalue weighted by atomic mass is 9.80. The second kappa shape index (κ2) is 3.99. The van der Waals surface area contributed by atoms with Crippen LogP contribution >= 0.6 is 0 Å². The summed E-state index contributed by atoms with van der Waals surface area (Å²) in [6.07, 6.45) is 1.02. The van der Waals surface area contributed by atoms with Gasteiger partial charge in [0.1, 0.15) is 0 Å². The van der Waals surface area contributed by atoms with Crippen molar-refractivity contribution in [1.29, 1.82) is 0 Å². The number of imidazole rings is 1. The minimum Gasteiger partial charge on any atom is -0.342 e. The number of rotatable bonds is 1. The molecule has 1 saturated heterocycles. The van der Waals surface area contributed by atoms with Crippen molar-refractivity contribution in [3.8, 4) is 0 Å². The third kappa shape index (κ3) is 1.86. The first-order chi connectivity index (χ1) is 8.56. The highest BCUT2D eigenvalue weighted by Gasteiger charge is 2.34. The van der Waals surface area contributed by atoms with Gasteiger partial charge in [-0.1, -0.05) is 26.0 Å². The molecule has 1 aliphatic rings. The molecule has 0 amide bonds. The van der Waals surface area contributed by atoms with Crippen LogP contribution in [-0.4, -0.2) is 29.1 Å². The van der Waals surface area contributed by atoms with Crippen molar-refractivity contribution < 1.29 is 0 Å². The number of nitrogens with one attached hydrogen (secondary N) is 1. The molecule has 96 valence electrons. The van der Waals surface area contributed by atoms with Gasteiger partial charge in [0.05, 0.1) is 11.0 Å². The van der Waals surface area contributed by atoms with Crippen LogP contribution in [0, 0.1) is 5.41 Å². The quantitative estimate of drug-likeness (QED) is 0.808. The average Bonchev–Trinajstić information content (AvgIpc) is 2.76. The number of H-pyrrole nitrogens is 1. The Kier molecular flexibility index (Phi) is 2.55. The number of hydrogen-bond acceptors (Lipinski definition) is 3. The highest BCUT2D eigenvalue weighted by atomic mass is 15.3. The molecule has 1 aliphatic heterocycles. The van der Waals surface area contributed by atoms with Crippen molar-refractivity contribution in [2.45, 2.75) is 26.3 Å². The van der Waals surface area contributed by atoms with E-state index < -0.39 is 0 Å². The van der Waals surface area contributed by atoms with Crippen molar-refractivity contribution in [3.63, 3.8) is 0 Å². The lowest BCUT2D eigenvalue weighted by molar-refractivity contribution is 0.243. The van der Waals surface area contributed by atoms with Gasteiger partial charge < -0.3 is 15.6 Å². The molecule has 0 spiro atoms. The Morgan fingerprint density at radius 2 is 2.17 bits per heavy atom. The predicted octanol–water partition coefficient (Wildman–Crippen LogP) is 2.13. The number of anilines is 1. The summed E-state index contributed by atoms with van der Waals surface area (Å²) in [5.74, 6) is 0.969. The van der Waals surface area contributed by atoms with E-state index in [0.717, 1.165) is 36.5 Å². The van der Waals surface area contributed by atoms with Crippen molar-refractivity contribution in [2.24, 2.45) is 11.1 Å². The largest absolute Gasteiger partial charge is 0.342 e. The molecule has 4 nitrogen and oxygen atoms in total. The fraction of sp³-hybridized carbons (Fsp3) is 0.500. The standard InChI is InChI=1S/C14H20N4/c1-14(2)9-18(8-7-12(14)15)13-16-10-5-3-4-6-11(10)17-13/h3-6,12H,7-9,15H2,1-2H3,(H,16,17). The molecule has 3 rings (SSSR count). The number of para-hydroxylation sites is 2. The lowest BCUT2D eigenvalue weighted by Gasteiger charge is -2.42. The number of fused-ring (bicyclic) bond motifs is 1. The lowest BCUT2D eigenvalue weighted by Crippen LogP contribution is -2.52. The van der Waals surface area contributed by atoms with Crippen molar-refractivity contribution in [2.75, 3.05) is 18.0 Å². The van der Waals surface area contributed by atoms with Crippen LogP contribution in [0.3, 0.4) is 0 Å². The van der Waals surface area contributed by atoms with Gasteiger partial charge in [0, 0.05) is 19.1 Å². The molecule has 3 N–H and O–H groups in total. The monoisotopic (exact) mass is 244 g/mol. The van der Waals surface area contributed by atoms with Gasteiger partial charge in [-0.25, -0.2) is 4.98 Å². The first kappa shape index (κ1) is 11.5. The number of benzene rings is 1. The number of nitrogens with zero attached hydrogens (tertiary/aromatic N) is 2. The maximum atomic E-state index is 6.17. The van der Waals surface area contributed by atoms with Gasteiger partial charge in [0.15, 0.2) is 0 Å². The number of nitrogens with two attached hydrogens (primary N) is 1. The van der Waals surface area contributed by atoms with Gasteiger partial charge in [0.25, 0.3) is 0 Å². The minimum absolute atomic E-state index is 0.136. The molecule has 0 bridgehead atoms. The molecule has 4 heteroatoms. The molecular formula is C14H20N4. The van der Waals surface area contributed by atoms with E-state index in [-0.39, 0.29) is 11.5 Å². The Morgan fingerprint density at radius 1 is 1.39 bits per heavy atom. The molecule has 1 unspecified atom stereocenters.